The Morgan fingerprint density at radius 3 is 1.76 bits per heavy atom. The molecule has 1 aromatic rings. The predicted octanol–water partition coefficient (Wildman–Crippen LogP) is 6.56. The van der Waals surface area contributed by atoms with Gasteiger partial charge >= 0.3 is 18.9 Å². The molecular formula is C22H36LiOP. The number of rotatable bonds is 6. The molecule has 1 saturated carbocycles. The Balaban J connectivity index is 0.00000312. The summed E-state index contributed by atoms with van der Waals surface area (Å²) in [6.07, 6.45) is 6.48. The first kappa shape index (κ1) is 23.0. The molecular weight excluding hydrogens is 318 g/mol. The van der Waals surface area contributed by atoms with Crippen LogP contribution in [0.2, 0.25) is 0 Å². The molecule has 1 aliphatic rings. The molecule has 0 N–H and O–H groups in total. The monoisotopic (exact) mass is 354 g/mol. The SMILES string of the molecule is CC(C)c1cc(C(C)C)c(C(=O)PC2CCCCC2)c(C(C)C)c1.[LiH]. The molecule has 1 fully saturated rings. The van der Waals surface area contributed by atoms with Gasteiger partial charge in [0, 0.05) is 5.56 Å². The average molecular weight is 354 g/mol. The second kappa shape index (κ2) is 10.3. The average Bonchev–Trinajstić information content (AvgIpc) is 2.54. The molecule has 0 bridgehead atoms. The van der Waals surface area contributed by atoms with Crippen LogP contribution in [0.3, 0.4) is 0 Å². The summed E-state index contributed by atoms with van der Waals surface area (Å²) in [7, 11) is 0.463. The molecule has 1 unspecified atom stereocenters. The van der Waals surface area contributed by atoms with Gasteiger partial charge < -0.3 is 0 Å². The van der Waals surface area contributed by atoms with Crippen LogP contribution in [0.4, 0.5) is 0 Å². The van der Waals surface area contributed by atoms with Gasteiger partial charge in [-0.1, -0.05) is 72.9 Å². The van der Waals surface area contributed by atoms with Gasteiger partial charge in [-0.2, -0.15) is 0 Å². The second-order valence-corrected chi connectivity index (χ2v) is 9.91. The van der Waals surface area contributed by atoms with E-state index in [1.54, 1.807) is 0 Å². The van der Waals surface area contributed by atoms with Gasteiger partial charge in [-0.25, -0.2) is 0 Å². The van der Waals surface area contributed by atoms with E-state index < -0.39 is 0 Å². The third-order valence-electron chi connectivity index (χ3n) is 5.30. The minimum atomic E-state index is 0. The Morgan fingerprint density at radius 2 is 1.36 bits per heavy atom. The van der Waals surface area contributed by atoms with Crippen molar-refractivity contribution in [1.29, 1.82) is 0 Å². The third kappa shape index (κ3) is 5.96. The van der Waals surface area contributed by atoms with E-state index in [1.165, 1.54) is 48.8 Å². The fourth-order valence-corrected chi connectivity index (χ4v) is 5.22. The Labute approximate surface area is 169 Å². The van der Waals surface area contributed by atoms with Crippen LogP contribution in [-0.4, -0.2) is 30.0 Å². The minimum absolute atomic E-state index is 0. The van der Waals surface area contributed by atoms with E-state index in [0.29, 0.717) is 37.5 Å². The predicted molar refractivity (Wildman–Crippen MR) is 115 cm³/mol. The normalized spacial score (nSPS) is 16.2. The standard InChI is InChI=1S/C22H35OP.Li.H/c1-14(2)17-12-19(15(3)4)21(20(13-17)16(5)6)22(23)24-18-10-8-7-9-11-18;;/h12-16,18,24H,7-11H2,1-6H3;;. The summed E-state index contributed by atoms with van der Waals surface area (Å²) in [5.74, 6) is 1.30. The van der Waals surface area contributed by atoms with E-state index in [1.807, 2.05) is 0 Å². The van der Waals surface area contributed by atoms with Gasteiger partial charge in [-0.05, 0) is 61.5 Å². The van der Waals surface area contributed by atoms with Crippen molar-refractivity contribution in [1.82, 2.24) is 0 Å². The Bertz CT molecular complexity index is 542. The molecule has 1 aliphatic carbocycles. The Hall–Kier alpha value is -0.0826. The van der Waals surface area contributed by atoms with Crippen molar-refractivity contribution in [2.45, 2.75) is 97.1 Å². The van der Waals surface area contributed by atoms with E-state index in [2.05, 4.69) is 53.7 Å². The fourth-order valence-electron chi connectivity index (χ4n) is 3.72. The van der Waals surface area contributed by atoms with Crippen LogP contribution in [0.1, 0.15) is 118 Å². The quantitative estimate of drug-likeness (QED) is 0.418. The van der Waals surface area contributed by atoms with Gasteiger partial charge in [0.15, 0.2) is 5.52 Å². The molecule has 2 rings (SSSR count). The van der Waals surface area contributed by atoms with Gasteiger partial charge in [0.2, 0.25) is 0 Å². The van der Waals surface area contributed by atoms with E-state index >= 15 is 0 Å². The fraction of sp³-hybridized carbons (Fsp3) is 0.682. The van der Waals surface area contributed by atoms with Crippen molar-refractivity contribution >= 4 is 33.0 Å². The van der Waals surface area contributed by atoms with Gasteiger partial charge in [-0.3, -0.25) is 4.79 Å². The molecule has 25 heavy (non-hydrogen) atoms. The summed E-state index contributed by atoms with van der Waals surface area (Å²) in [6.45, 7) is 13.4. The topological polar surface area (TPSA) is 17.1 Å². The first-order valence-corrected chi connectivity index (χ1v) is 10.9. The van der Waals surface area contributed by atoms with Crippen molar-refractivity contribution < 1.29 is 4.79 Å². The van der Waals surface area contributed by atoms with Gasteiger partial charge in [0.05, 0.1) is 0 Å². The van der Waals surface area contributed by atoms with Crippen LogP contribution in [0.25, 0.3) is 0 Å². The zero-order valence-electron chi connectivity index (χ0n) is 16.4. The van der Waals surface area contributed by atoms with Crippen LogP contribution in [0, 0.1) is 0 Å². The Kier molecular flexibility index (Phi) is 9.46. The first-order valence-electron chi connectivity index (χ1n) is 9.79. The van der Waals surface area contributed by atoms with Crippen LogP contribution in [0.5, 0.6) is 0 Å². The van der Waals surface area contributed by atoms with Gasteiger partial charge in [0.1, 0.15) is 0 Å². The zero-order chi connectivity index (χ0) is 17.9. The van der Waals surface area contributed by atoms with Crippen molar-refractivity contribution in [2.24, 2.45) is 0 Å². The summed E-state index contributed by atoms with van der Waals surface area (Å²) in [4.78, 5) is 13.3. The molecule has 1 nitrogen and oxygen atoms in total. The third-order valence-corrected chi connectivity index (χ3v) is 6.80. The summed E-state index contributed by atoms with van der Waals surface area (Å²) in [5, 5.41) is 0. The van der Waals surface area contributed by atoms with E-state index in [9.17, 15) is 4.79 Å². The van der Waals surface area contributed by atoms with Gasteiger partial charge in [0.25, 0.3) is 0 Å². The number of carbonyl (C=O) groups excluding carboxylic acids is 1. The van der Waals surface area contributed by atoms with Crippen molar-refractivity contribution in [3.63, 3.8) is 0 Å². The molecule has 0 radical (unpaired) electrons. The van der Waals surface area contributed by atoms with E-state index in [-0.39, 0.29) is 18.9 Å². The van der Waals surface area contributed by atoms with Crippen molar-refractivity contribution in [3.05, 3.63) is 34.4 Å². The number of carbonyl (C=O) groups is 1. The molecule has 0 aliphatic heterocycles. The number of hydrogen-bond acceptors (Lipinski definition) is 1. The summed E-state index contributed by atoms with van der Waals surface area (Å²) < 4.78 is 0. The molecule has 136 valence electrons. The first-order chi connectivity index (χ1) is 11.3. The molecule has 0 saturated heterocycles. The van der Waals surface area contributed by atoms with Crippen molar-refractivity contribution in [2.75, 3.05) is 0 Å². The molecule has 3 heteroatoms. The molecule has 0 heterocycles. The van der Waals surface area contributed by atoms with Crippen LogP contribution in [-0.2, 0) is 0 Å². The van der Waals surface area contributed by atoms with Crippen molar-refractivity contribution in [3.8, 4) is 0 Å². The Morgan fingerprint density at radius 1 is 0.880 bits per heavy atom. The molecule has 0 aromatic heterocycles. The van der Waals surface area contributed by atoms with Crippen LogP contribution in [0.15, 0.2) is 12.1 Å². The maximum absolute atomic E-state index is 13.3. The summed E-state index contributed by atoms with van der Waals surface area (Å²) in [6, 6.07) is 4.61. The molecule has 0 spiro atoms. The number of benzene rings is 1. The summed E-state index contributed by atoms with van der Waals surface area (Å²) in [5.41, 5.74) is 6.05. The van der Waals surface area contributed by atoms with Crippen LogP contribution >= 0.6 is 8.58 Å². The molecule has 1 atom stereocenters. The van der Waals surface area contributed by atoms with Gasteiger partial charge in [-0.15, -0.1) is 0 Å². The summed E-state index contributed by atoms with van der Waals surface area (Å²) >= 11 is 0. The zero-order valence-corrected chi connectivity index (χ0v) is 17.4. The second-order valence-electron chi connectivity index (χ2n) is 8.35. The van der Waals surface area contributed by atoms with E-state index in [4.69, 9.17) is 0 Å². The van der Waals surface area contributed by atoms with Crippen LogP contribution < -0.4 is 0 Å². The maximum atomic E-state index is 13.3. The van der Waals surface area contributed by atoms with E-state index in [0.717, 1.165) is 5.56 Å². The molecule has 1 aromatic carbocycles. The number of hydrogen-bond donors (Lipinski definition) is 0. The molecule has 0 amide bonds.